The van der Waals surface area contributed by atoms with E-state index in [-0.39, 0.29) is 18.3 Å². The van der Waals surface area contributed by atoms with Crippen LogP contribution in [0.4, 0.5) is 10.1 Å². The second-order valence-electron chi connectivity index (χ2n) is 3.80. The van der Waals surface area contributed by atoms with E-state index in [2.05, 4.69) is 15.3 Å². The van der Waals surface area contributed by atoms with Crippen LogP contribution in [-0.2, 0) is 4.79 Å². The number of aryl methyl sites for hydroxylation is 1. The molecule has 1 N–H and O–H groups in total. The average Bonchev–Trinajstić information content (AvgIpc) is 2.39. The zero-order chi connectivity index (χ0) is 13.7. The minimum Gasteiger partial charge on any atom is -0.453 e. The lowest BCUT2D eigenvalue weighted by Gasteiger charge is -2.07. The molecule has 5 nitrogen and oxygen atoms in total. The zero-order valence-electron chi connectivity index (χ0n) is 10.3. The maximum atomic E-state index is 13.3. The van der Waals surface area contributed by atoms with Crippen LogP contribution in [0.25, 0.3) is 0 Å². The van der Waals surface area contributed by atoms with Crippen molar-refractivity contribution < 1.29 is 13.9 Å². The SMILES string of the molecule is Cc1ccnc(OCC(=O)Nc2ccccc2F)n1. The van der Waals surface area contributed by atoms with Crippen molar-refractivity contribution in [2.45, 2.75) is 6.92 Å². The number of anilines is 1. The van der Waals surface area contributed by atoms with Gasteiger partial charge in [0.25, 0.3) is 5.91 Å². The molecular formula is C13H12FN3O2. The summed E-state index contributed by atoms with van der Waals surface area (Å²) in [4.78, 5) is 19.4. The van der Waals surface area contributed by atoms with Gasteiger partial charge in [0.1, 0.15) is 5.82 Å². The highest BCUT2D eigenvalue weighted by Crippen LogP contribution is 2.12. The molecule has 0 aliphatic heterocycles. The van der Waals surface area contributed by atoms with Crippen molar-refractivity contribution in [2.24, 2.45) is 0 Å². The van der Waals surface area contributed by atoms with Gasteiger partial charge in [0, 0.05) is 11.9 Å². The third-order valence-electron chi connectivity index (χ3n) is 2.25. The van der Waals surface area contributed by atoms with E-state index in [4.69, 9.17) is 4.74 Å². The molecule has 0 saturated heterocycles. The molecule has 2 rings (SSSR count). The summed E-state index contributed by atoms with van der Waals surface area (Å²) >= 11 is 0. The van der Waals surface area contributed by atoms with Crippen molar-refractivity contribution in [1.82, 2.24) is 9.97 Å². The quantitative estimate of drug-likeness (QED) is 0.913. The van der Waals surface area contributed by atoms with Crippen molar-refractivity contribution in [1.29, 1.82) is 0 Å². The Labute approximate surface area is 109 Å². The molecule has 1 aromatic heterocycles. The Morgan fingerprint density at radius 2 is 2.16 bits per heavy atom. The number of hydrogen-bond donors (Lipinski definition) is 1. The van der Waals surface area contributed by atoms with E-state index < -0.39 is 11.7 Å². The topological polar surface area (TPSA) is 64.1 Å². The summed E-state index contributed by atoms with van der Waals surface area (Å²) in [5.74, 6) is -0.974. The number of hydrogen-bond acceptors (Lipinski definition) is 4. The molecule has 0 spiro atoms. The van der Waals surface area contributed by atoms with Gasteiger partial charge in [-0.15, -0.1) is 0 Å². The Morgan fingerprint density at radius 3 is 2.89 bits per heavy atom. The van der Waals surface area contributed by atoms with Crippen molar-refractivity contribution in [3.05, 3.63) is 48.0 Å². The Hall–Kier alpha value is -2.50. The maximum absolute atomic E-state index is 13.3. The molecule has 1 heterocycles. The summed E-state index contributed by atoms with van der Waals surface area (Å²) in [5, 5.41) is 2.40. The molecule has 2 aromatic rings. The van der Waals surface area contributed by atoms with E-state index in [1.54, 1.807) is 25.1 Å². The second kappa shape index (κ2) is 5.90. The number of ether oxygens (including phenoxy) is 1. The number of carbonyl (C=O) groups excluding carboxylic acids is 1. The van der Waals surface area contributed by atoms with E-state index in [1.165, 1.54) is 18.3 Å². The number of rotatable bonds is 4. The monoisotopic (exact) mass is 261 g/mol. The smallest absolute Gasteiger partial charge is 0.317 e. The van der Waals surface area contributed by atoms with Gasteiger partial charge in [0.05, 0.1) is 5.69 Å². The van der Waals surface area contributed by atoms with E-state index in [1.807, 2.05) is 0 Å². The number of amides is 1. The molecule has 0 aliphatic carbocycles. The molecule has 19 heavy (non-hydrogen) atoms. The van der Waals surface area contributed by atoms with Crippen LogP contribution in [0.5, 0.6) is 6.01 Å². The second-order valence-corrected chi connectivity index (χ2v) is 3.80. The standard InChI is InChI=1S/C13H12FN3O2/c1-9-6-7-15-13(16-9)19-8-12(18)17-11-5-3-2-4-10(11)14/h2-7H,8H2,1H3,(H,17,18). The molecule has 6 heteroatoms. The van der Waals surface area contributed by atoms with Gasteiger partial charge in [0.15, 0.2) is 6.61 Å². The number of para-hydroxylation sites is 1. The third kappa shape index (κ3) is 3.74. The van der Waals surface area contributed by atoms with E-state index >= 15 is 0 Å². The number of halogens is 1. The Bertz CT molecular complexity index is 590. The Morgan fingerprint density at radius 1 is 1.37 bits per heavy atom. The van der Waals surface area contributed by atoms with Crippen molar-refractivity contribution in [2.75, 3.05) is 11.9 Å². The number of benzene rings is 1. The summed E-state index contributed by atoms with van der Waals surface area (Å²) < 4.78 is 18.4. The first-order valence-corrected chi connectivity index (χ1v) is 5.62. The Kier molecular flexibility index (Phi) is 4.02. The van der Waals surface area contributed by atoms with E-state index in [0.717, 1.165) is 5.69 Å². The summed E-state index contributed by atoms with van der Waals surface area (Å²) in [6.07, 6.45) is 1.53. The molecule has 0 radical (unpaired) electrons. The van der Waals surface area contributed by atoms with Crippen LogP contribution in [0.3, 0.4) is 0 Å². The normalized spacial score (nSPS) is 10.0. The number of aromatic nitrogens is 2. The maximum Gasteiger partial charge on any atom is 0.317 e. The lowest BCUT2D eigenvalue weighted by atomic mass is 10.3. The van der Waals surface area contributed by atoms with Gasteiger partial charge in [-0.1, -0.05) is 12.1 Å². The van der Waals surface area contributed by atoms with Gasteiger partial charge in [-0.2, -0.15) is 0 Å². The summed E-state index contributed by atoms with van der Waals surface area (Å²) in [6.45, 7) is 1.51. The lowest BCUT2D eigenvalue weighted by Crippen LogP contribution is -2.21. The van der Waals surface area contributed by atoms with Gasteiger partial charge in [-0.3, -0.25) is 4.79 Å². The predicted octanol–water partition coefficient (Wildman–Crippen LogP) is 1.94. The van der Waals surface area contributed by atoms with Crippen LogP contribution in [0.15, 0.2) is 36.5 Å². The fourth-order valence-electron chi connectivity index (χ4n) is 1.37. The molecule has 1 aromatic carbocycles. The van der Waals surface area contributed by atoms with Crippen LogP contribution in [0.1, 0.15) is 5.69 Å². The highest BCUT2D eigenvalue weighted by atomic mass is 19.1. The van der Waals surface area contributed by atoms with Gasteiger partial charge in [-0.05, 0) is 25.1 Å². The predicted molar refractivity (Wildman–Crippen MR) is 67.3 cm³/mol. The molecule has 0 saturated carbocycles. The van der Waals surface area contributed by atoms with Crippen LogP contribution in [0, 0.1) is 12.7 Å². The van der Waals surface area contributed by atoms with Crippen LogP contribution < -0.4 is 10.1 Å². The largest absolute Gasteiger partial charge is 0.453 e. The van der Waals surface area contributed by atoms with E-state index in [9.17, 15) is 9.18 Å². The zero-order valence-corrected chi connectivity index (χ0v) is 10.3. The summed E-state index contributed by atoms with van der Waals surface area (Å²) in [6, 6.07) is 7.73. The molecule has 98 valence electrons. The molecule has 0 aliphatic rings. The van der Waals surface area contributed by atoms with Gasteiger partial charge in [0.2, 0.25) is 0 Å². The highest BCUT2D eigenvalue weighted by molar-refractivity contribution is 5.91. The minimum atomic E-state index is -0.498. The molecule has 1 amide bonds. The highest BCUT2D eigenvalue weighted by Gasteiger charge is 2.07. The van der Waals surface area contributed by atoms with Crippen LogP contribution in [-0.4, -0.2) is 22.5 Å². The molecule has 0 atom stereocenters. The van der Waals surface area contributed by atoms with E-state index in [0.29, 0.717) is 0 Å². The van der Waals surface area contributed by atoms with Crippen molar-refractivity contribution >= 4 is 11.6 Å². The lowest BCUT2D eigenvalue weighted by molar-refractivity contribution is -0.118. The molecule has 0 fully saturated rings. The van der Waals surface area contributed by atoms with Crippen molar-refractivity contribution in [3.63, 3.8) is 0 Å². The first kappa shape index (κ1) is 12.9. The summed E-state index contributed by atoms with van der Waals surface area (Å²) in [5.41, 5.74) is 0.848. The summed E-state index contributed by atoms with van der Waals surface area (Å²) in [7, 11) is 0. The third-order valence-corrected chi connectivity index (χ3v) is 2.25. The van der Waals surface area contributed by atoms with Crippen molar-refractivity contribution in [3.8, 4) is 6.01 Å². The van der Waals surface area contributed by atoms with Gasteiger partial charge >= 0.3 is 6.01 Å². The van der Waals surface area contributed by atoms with Crippen LogP contribution >= 0.6 is 0 Å². The molecule has 0 bridgehead atoms. The first-order chi connectivity index (χ1) is 9.15. The van der Waals surface area contributed by atoms with Crippen LogP contribution in [0.2, 0.25) is 0 Å². The molecular weight excluding hydrogens is 249 g/mol. The number of nitrogens with one attached hydrogen (secondary N) is 1. The first-order valence-electron chi connectivity index (χ1n) is 5.62. The molecule has 0 unspecified atom stereocenters. The minimum absolute atomic E-state index is 0.112. The Balaban J connectivity index is 1.90. The fourth-order valence-corrected chi connectivity index (χ4v) is 1.37. The average molecular weight is 261 g/mol. The fraction of sp³-hybridized carbons (Fsp3) is 0.154. The number of nitrogens with zero attached hydrogens (tertiary/aromatic N) is 2. The van der Waals surface area contributed by atoms with Gasteiger partial charge in [-0.25, -0.2) is 14.4 Å². The van der Waals surface area contributed by atoms with Gasteiger partial charge < -0.3 is 10.1 Å². The number of carbonyl (C=O) groups is 1.